The minimum Gasteiger partial charge on any atom is -0.478 e. The van der Waals surface area contributed by atoms with Crippen LogP contribution in [-0.2, 0) is 9.53 Å². The van der Waals surface area contributed by atoms with Crippen LogP contribution in [0.5, 0.6) is 5.75 Å². The molecule has 0 radical (unpaired) electrons. The van der Waals surface area contributed by atoms with E-state index in [9.17, 15) is 4.79 Å². The molecule has 3 aromatic heterocycles. The largest absolute Gasteiger partial charge is 0.478 e. The van der Waals surface area contributed by atoms with Gasteiger partial charge in [-0.15, -0.1) is 11.3 Å². The van der Waals surface area contributed by atoms with Crippen LogP contribution in [0.4, 0.5) is 10.9 Å². The first-order valence-corrected chi connectivity index (χ1v) is 9.22. The summed E-state index contributed by atoms with van der Waals surface area (Å²) in [5, 5.41) is 5.69. The molecule has 0 bridgehead atoms. The number of hydrogen-bond acceptors (Lipinski definition) is 8. The molecule has 0 unspecified atom stereocenters. The lowest BCUT2D eigenvalue weighted by Gasteiger charge is -2.19. The molecule has 0 aliphatic heterocycles. The predicted molar refractivity (Wildman–Crippen MR) is 104 cm³/mol. The summed E-state index contributed by atoms with van der Waals surface area (Å²) in [7, 11) is 0. The van der Waals surface area contributed by atoms with Crippen molar-refractivity contribution in [3.63, 3.8) is 0 Å². The fraction of sp³-hybridized carbons (Fsp3) is 0.263. The molecule has 27 heavy (non-hydrogen) atoms. The average Bonchev–Trinajstić information content (AvgIpc) is 3.09. The molecule has 0 saturated carbocycles. The Bertz CT molecular complexity index is 907. The van der Waals surface area contributed by atoms with Crippen molar-refractivity contribution in [3.05, 3.63) is 48.1 Å². The van der Waals surface area contributed by atoms with Crippen LogP contribution in [-0.4, -0.2) is 33.1 Å². The molecule has 8 heteroatoms. The highest BCUT2D eigenvalue weighted by Crippen LogP contribution is 2.29. The standard InChI is InChI=1S/C19H20N4O3S/c1-19(2,3)26-16(24)11-25-15-8-6-10-21-17(15)23-18-22-14(12-27-18)13-7-4-5-9-20-13/h4-10,12H,11H2,1-3H3,(H,21,22,23). The van der Waals surface area contributed by atoms with E-state index in [0.29, 0.717) is 16.7 Å². The monoisotopic (exact) mass is 384 g/mol. The SMILES string of the molecule is CC(C)(C)OC(=O)COc1cccnc1Nc1nc(-c2ccccn2)cs1. The maximum atomic E-state index is 11.9. The van der Waals surface area contributed by atoms with Gasteiger partial charge in [-0.05, 0) is 45.0 Å². The minimum atomic E-state index is -0.556. The molecule has 3 heterocycles. The van der Waals surface area contributed by atoms with Crippen molar-refractivity contribution >= 4 is 28.3 Å². The van der Waals surface area contributed by atoms with Crippen LogP contribution in [0.1, 0.15) is 20.8 Å². The summed E-state index contributed by atoms with van der Waals surface area (Å²) in [4.78, 5) is 24.9. The van der Waals surface area contributed by atoms with Gasteiger partial charge >= 0.3 is 5.97 Å². The molecule has 1 N–H and O–H groups in total. The number of rotatable bonds is 6. The summed E-state index contributed by atoms with van der Waals surface area (Å²) < 4.78 is 10.8. The molecular weight excluding hydrogens is 364 g/mol. The van der Waals surface area contributed by atoms with Gasteiger partial charge in [-0.25, -0.2) is 14.8 Å². The molecule has 3 rings (SSSR count). The van der Waals surface area contributed by atoms with Gasteiger partial charge in [-0.3, -0.25) is 4.98 Å². The van der Waals surface area contributed by atoms with Gasteiger partial charge in [0.25, 0.3) is 0 Å². The van der Waals surface area contributed by atoms with Crippen LogP contribution in [0, 0.1) is 0 Å². The molecule has 0 saturated heterocycles. The second-order valence-corrected chi connectivity index (χ2v) is 7.46. The number of pyridine rings is 2. The molecule has 140 valence electrons. The van der Waals surface area contributed by atoms with Crippen molar-refractivity contribution < 1.29 is 14.3 Å². The van der Waals surface area contributed by atoms with Crippen LogP contribution >= 0.6 is 11.3 Å². The Morgan fingerprint density at radius 2 is 1.93 bits per heavy atom. The minimum absolute atomic E-state index is 0.200. The number of carbonyl (C=O) groups excluding carboxylic acids is 1. The summed E-state index contributed by atoms with van der Waals surface area (Å²) in [5.41, 5.74) is 1.01. The van der Waals surface area contributed by atoms with Gasteiger partial charge in [-0.2, -0.15) is 0 Å². The molecule has 0 aromatic carbocycles. The topological polar surface area (TPSA) is 86.2 Å². The third-order valence-electron chi connectivity index (χ3n) is 3.19. The van der Waals surface area contributed by atoms with E-state index in [1.165, 1.54) is 11.3 Å². The normalized spacial score (nSPS) is 11.1. The molecule has 3 aromatic rings. The maximum absolute atomic E-state index is 11.9. The third-order valence-corrected chi connectivity index (χ3v) is 3.95. The zero-order valence-corrected chi connectivity index (χ0v) is 16.1. The lowest BCUT2D eigenvalue weighted by molar-refractivity contribution is -0.157. The van der Waals surface area contributed by atoms with Gasteiger partial charge in [0, 0.05) is 17.8 Å². The number of nitrogens with one attached hydrogen (secondary N) is 1. The maximum Gasteiger partial charge on any atom is 0.344 e. The summed E-state index contributed by atoms with van der Waals surface area (Å²) in [6.45, 7) is 5.23. The predicted octanol–water partition coefficient (Wildman–Crippen LogP) is 4.06. The number of hydrogen-bond donors (Lipinski definition) is 1. The average molecular weight is 384 g/mol. The van der Waals surface area contributed by atoms with Crippen molar-refractivity contribution in [2.24, 2.45) is 0 Å². The Morgan fingerprint density at radius 3 is 2.67 bits per heavy atom. The first kappa shape index (κ1) is 18.8. The number of anilines is 2. The lowest BCUT2D eigenvalue weighted by Crippen LogP contribution is -2.27. The Morgan fingerprint density at radius 1 is 1.11 bits per heavy atom. The number of thiazole rings is 1. The van der Waals surface area contributed by atoms with Gasteiger partial charge in [0.15, 0.2) is 23.3 Å². The zero-order valence-electron chi connectivity index (χ0n) is 15.3. The van der Waals surface area contributed by atoms with Gasteiger partial charge in [0.2, 0.25) is 0 Å². The quantitative estimate of drug-likeness (QED) is 0.641. The summed E-state index contributed by atoms with van der Waals surface area (Å²) in [6.07, 6.45) is 3.36. The van der Waals surface area contributed by atoms with Crippen molar-refractivity contribution in [3.8, 4) is 17.1 Å². The molecule has 0 atom stereocenters. The highest BCUT2D eigenvalue weighted by molar-refractivity contribution is 7.14. The van der Waals surface area contributed by atoms with Gasteiger partial charge in [0.05, 0.1) is 5.69 Å². The van der Waals surface area contributed by atoms with E-state index in [4.69, 9.17) is 9.47 Å². The van der Waals surface area contributed by atoms with Crippen LogP contribution in [0.15, 0.2) is 48.1 Å². The Balaban J connectivity index is 1.68. The zero-order chi connectivity index (χ0) is 19.3. The first-order chi connectivity index (χ1) is 12.9. The van der Waals surface area contributed by atoms with Crippen LogP contribution in [0.3, 0.4) is 0 Å². The van der Waals surface area contributed by atoms with Crippen molar-refractivity contribution in [1.82, 2.24) is 15.0 Å². The summed E-state index contributed by atoms with van der Waals surface area (Å²) >= 11 is 1.43. The van der Waals surface area contributed by atoms with Gasteiger partial charge in [-0.1, -0.05) is 6.07 Å². The fourth-order valence-corrected chi connectivity index (χ4v) is 2.88. The number of carbonyl (C=O) groups is 1. The van der Waals surface area contributed by atoms with E-state index in [1.807, 2.05) is 44.4 Å². The van der Waals surface area contributed by atoms with Gasteiger partial charge < -0.3 is 14.8 Å². The second kappa shape index (κ2) is 8.13. The Hall–Kier alpha value is -3.00. The highest BCUT2D eigenvalue weighted by Gasteiger charge is 2.17. The fourth-order valence-electron chi connectivity index (χ4n) is 2.17. The van der Waals surface area contributed by atoms with Crippen LogP contribution < -0.4 is 10.1 Å². The van der Waals surface area contributed by atoms with E-state index >= 15 is 0 Å². The molecular formula is C19H20N4O3S. The molecule has 0 amide bonds. The number of aromatic nitrogens is 3. The molecule has 0 aliphatic rings. The number of ether oxygens (including phenoxy) is 2. The smallest absolute Gasteiger partial charge is 0.344 e. The number of nitrogens with zero attached hydrogens (tertiary/aromatic N) is 3. The number of esters is 1. The van der Waals surface area contributed by atoms with E-state index < -0.39 is 11.6 Å². The van der Waals surface area contributed by atoms with E-state index in [1.54, 1.807) is 24.5 Å². The summed E-state index contributed by atoms with van der Waals surface area (Å²) in [6, 6.07) is 9.13. The van der Waals surface area contributed by atoms with Crippen molar-refractivity contribution in [2.45, 2.75) is 26.4 Å². The molecule has 0 spiro atoms. The van der Waals surface area contributed by atoms with Crippen molar-refractivity contribution in [2.75, 3.05) is 11.9 Å². The van der Waals surface area contributed by atoms with Crippen LogP contribution in [0.2, 0.25) is 0 Å². The van der Waals surface area contributed by atoms with E-state index in [0.717, 1.165) is 11.4 Å². The molecule has 0 aliphatic carbocycles. The second-order valence-electron chi connectivity index (χ2n) is 6.60. The molecule has 0 fully saturated rings. The van der Waals surface area contributed by atoms with E-state index in [2.05, 4.69) is 20.3 Å². The van der Waals surface area contributed by atoms with E-state index in [-0.39, 0.29) is 6.61 Å². The third kappa shape index (κ3) is 5.49. The summed E-state index contributed by atoms with van der Waals surface area (Å²) in [5.74, 6) is 0.477. The highest BCUT2D eigenvalue weighted by atomic mass is 32.1. The van der Waals surface area contributed by atoms with Crippen molar-refractivity contribution in [1.29, 1.82) is 0 Å². The lowest BCUT2D eigenvalue weighted by atomic mass is 10.2. The first-order valence-electron chi connectivity index (χ1n) is 8.34. The van der Waals surface area contributed by atoms with Gasteiger partial charge in [0.1, 0.15) is 11.3 Å². The van der Waals surface area contributed by atoms with Crippen LogP contribution in [0.25, 0.3) is 11.4 Å². The Labute approximate surface area is 161 Å². The Kier molecular flexibility index (Phi) is 5.66. The molecule has 7 nitrogen and oxygen atoms in total.